The standard InChI is InChI=1S/C35H55N5O5S/c1-9-23(4)31(39(6)35(43)30(36)22(2)3)28(44-7)21-29(41)40-18-13-16-27(40)32(45-8)24(5)33(42)38-26(34-37-17-19-46-34)20-25-14-11-10-12-15-25/h10-12,14-15,17,19,22-24,26-28,30-32H,9,13,16,18,20-21,36H2,1-8H3,(H,38,42)/t23-,24-,26-,27?,28+,30-,31?,32+/m0/s1. The van der Waals surface area contributed by atoms with Gasteiger partial charge in [0.05, 0.1) is 48.7 Å². The third kappa shape index (κ3) is 9.36. The lowest BCUT2D eigenvalue weighted by Gasteiger charge is -2.40. The van der Waals surface area contributed by atoms with Crippen LogP contribution in [0.5, 0.6) is 0 Å². The first-order chi connectivity index (χ1) is 21.9. The van der Waals surface area contributed by atoms with E-state index in [1.54, 1.807) is 32.4 Å². The van der Waals surface area contributed by atoms with Crippen LogP contribution in [-0.4, -0.2) is 90.7 Å². The minimum atomic E-state index is -0.634. The van der Waals surface area contributed by atoms with Crippen LogP contribution in [0.2, 0.25) is 0 Å². The molecule has 8 atom stereocenters. The molecule has 0 radical (unpaired) electrons. The minimum Gasteiger partial charge on any atom is -0.379 e. The predicted molar refractivity (Wildman–Crippen MR) is 182 cm³/mol. The third-order valence-electron chi connectivity index (χ3n) is 9.61. The first-order valence-corrected chi connectivity index (χ1v) is 17.4. The first-order valence-electron chi connectivity index (χ1n) is 16.6. The van der Waals surface area contributed by atoms with Crippen molar-refractivity contribution in [2.24, 2.45) is 23.5 Å². The number of carbonyl (C=O) groups excluding carboxylic acids is 3. The Morgan fingerprint density at radius 3 is 2.39 bits per heavy atom. The highest BCUT2D eigenvalue weighted by Crippen LogP contribution is 2.30. The Morgan fingerprint density at radius 1 is 1.13 bits per heavy atom. The van der Waals surface area contributed by atoms with Crippen molar-refractivity contribution in [1.82, 2.24) is 20.1 Å². The summed E-state index contributed by atoms with van der Waals surface area (Å²) in [6, 6.07) is 8.53. The van der Waals surface area contributed by atoms with E-state index in [4.69, 9.17) is 15.2 Å². The summed E-state index contributed by atoms with van der Waals surface area (Å²) in [6.45, 7) is 10.4. The normalized spacial score (nSPS) is 19.6. The second kappa shape index (κ2) is 17.9. The number of carbonyl (C=O) groups is 3. The number of nitrogens with zero attached hydrogens (tertiary/aromatic N) is 3. The fourth-order valence-corrected chi connectivity index (χ4v) is 7.28. The maximum atomic E-state index is 14.0. The molecule has 256 valence electrons. The lowest BCUT2D eigenvalue weighted by molar-refractivity contribution is -0.146. The van der Waals surface area contributed by atoms with Gasteiger partial charge in [-0.3, -0.25) is 14.4 Å². The summed E-state index contributed by atoms with van der Waals surface area (Å²) in [6.07, 6.45) is 3.81. The zero-order valence-electron chi connectivity index (χ0n) is 28.8. The molecule has 10 nitrogen and oxygen atoms in total. The van der Waals surface area contributed by atoms with Crippen molar-refractivity contribution in [3.8, 4) is 0 Å². The van der Waals surface area contributed by atoms with Crippen molar-refractivity contribution >= 4 is 29.1 Å². The molecular weight excluding hydrogens is 602 g/mol. The van der Waals surface area contributed by atoms with Crippen LogP contribution in [0.3, 0.4) is 0 Å². The summed E-state index contributed by atoms with van der Waals surface area (Å²) in [5.41, 5.74) is 7.35. The number of rotatable bonds is 17. The maximum absolute atomic E-state index is 14.0. The zero-order valence-corrected chi connectivity index (χ0v) is 29.7. The van der Waals surface area contributed by atoms with Crippen LogP contribution in [0.15, 0.2) is 41.9 Å². The molecule has 2 unspecified atom stereocenters. The van der Waals surface area contributed by atoms with Crippen LogP contribution in [0.25, 0.3) is 0 Å². The zero-order chi connectivity index (χ0) is 34.0. The van der Waals surface area contributed by atoms with E-state index in [0.717, 1.165) is 29.8 Å². The molecule has 1 aliphatic heterocycles. The van der Waals surface area contributed by atoms with E-state index in [0.29, 0.717) is 13.0 Å². The number of likely N-dealkylation sites (N-methyl/N-ethyl adjacent to an activating group) is 1. The van der Waals surface area contributed by atoms with Crippen LogP contribution in [0, 0.1) is 17.8 Å². The average Bonchev–Trinajstić information content (AvgIpc) is 3.77. The number of hydrogen-bond acceptors (Lipinski definition) is 8. The highest BCUT2D eigenvalue weighted by atomic mass is 32.1. The van der Waals surface area contributed by atoms with E-state index >= 15 is 0 Å². The molecule has 2 heterocycles. The van der Waals surface area contributed by atoms with Crippen molar-refractivity contribution in [2.75, 3.05) is 27.8 Å². The molecule has 46 heavy (non-hydrogen) atoms. The smallest absolute Gasteiger partial charge is 0.239 e. The van der Waals surface area contributed by atoms with Crippen molar-refractivity contribution in [3.05, 3.63) is 52.5 Å². The van der Waals surface area contributed by atoms with E-state index in [2.05, 4.69) is 24.1 Å². The number of nitrogens with one attached hydrogen (secondary N) is 1. The summed E-state index contributed by atoms with van der Waals surface area (Å²) in [5, 5.41) is 5.98. The number of thiazole rings is 1. The van der Waals surface area contributed by atoms with Gasteiger partial charge in [-0.05, 0) is 36.7 Å². The van der Waals surface area contributed by atoms with Gasteiger partial charge in [-0.15, -0.1) is 11.3 Å². The number of methoxy groups -OCH3 is 2. The largest absolute Gasteiger partial charge is 0.379 e. The first kappa shape index (κ1) is 37.6. The van der Waals surface area contributed by atoms with Crippen molar-refractivity contribution in [2.45, 2.75) is 103 Å². The molecule has 3 rings (SSSR count). The van der Waals surface area contributed by atoms with E-state index in [9.17, 15) is 14.4 Å². The lowest BCUT2D eigenvalue weighted by atomic mass is 9.89. The van der Waals surface area contributed by atoms with Gasteiger partial charge in [0.1, 0.15) is 5.01 Å². The molecule has 0 bridgehead atoms. The molecule has 3 amide bonds. The molecule has 2 aromatic rings. The van der Waals surface area contributed by atoms with Crippen molar-refractivity contribution in [3.63, 3.8) is 0 Å². The van der Waals surface area contributed by atoms with Gasteiger partial charge in [0.15, 0.2) is 0 Å². The molecule has 0 aliphatic carbocycles. The van der Waals surface area contributed by atoms with Crippen molar-refractivity contribution in [1.29, 1.82) is 0 Å². The Morgan fingerprint density at radius 2 is 1.83 bits per heavy atom. The van der Waals surface area contributed by atoms with Gasteiger partial charge < -0.3 is 30.3 Å². The second-order valence-corrected chi connectivity index (χ2v) is 13.9. The number of nitrogens with two attached hydrogens (primary N) is 1. The Labute approximate surface area is 279 Å². The minimum absolute atomic E-state index is 0.0131. The molecule has 1 saturated heterocycles. The van der Waals surface area contributed by atoms with Gasteiger partial charge in [0.2, 0.25) is 17.7 Å². The fourth-order valence-electron chi connectivity index (χ4n) is 6.59. The molecule has 0 saturated carbocycles. The number of likely N-dealkylation sites (tertiary alicyclic amines) is 1. The van der Waals surface area contributed by atoms with Crippen LogP contribution in [0.1, 0.15) is 76.9 Å². The van der Waals surface area contributed by atoms with Crippen LogP contribution >= 0.6 is 11.3 Å². The van der Waals surface area contributed by atoms with E-state index in [-0.39, 0.29) is 54.1 Å². The Bertz CT molecular complexity index is 1230. The molecule has 1 fully saturated rings. The molecule has 1 aromatic carbocycles. The average molecular weight is 658 g/mol. The van der Waals surface area contributed by atoms with Crippen LogP contribution < -0.4 is 11.1 Å². The van der Waals surface area contributed by atoms with Crippen molar-refractivity contribution < 1.29 is 23.9 Å². The summed E-state index contributed by atoms with van der Waals surface area (Å²) in [4.78, 5) is 49.0. The molecular formula is C35H55N5O5S. The van der Waals surface area contributed by atoms with Crippen LogP contribution in [-0.2, 0) is 30.3 Å². The topological polar surface area (TPSA) is 127 Å². The Kier molecular flexibility index (Phi) is 14.6. The number of hydrogen-bond donors (Lipinski definition) is 2. The monoisotopic (exact) mass is 657 g/mol. The maximum Gasteiger partial charge on any atom is 0.239 e. The molecule has 0 spiro atoms. The number of amides is 3. The SMILES string of the molecule is CC[C@H](C)C([C@@H](CC(=O)N1CCCC1[C@H](OC)[C@H](C)C(=O)N[C@@H](Cc1ccccc1)c1nccs1)OC)N(C)C(=O)[C@@H](N)C(C)C. The van der Waals surface area contributed by atoms with Gasteiger partial charge in [-0.25, -0.2) is 4.98 Å². The quantitative estimate of drug-likeness (QED) is 0.258. The van der Waals surface area contributed by atoms with E-state index in [1.807, 2.05) is 61.4 Å². The number of ether oxygens (including phenoxy) is 2. The number of benzene rings is 1. The highest BCUT2D eigenvalue weighted by molar-refractivity contribution is 7.09. The third-order valence-corrected chi connectivity index (χ3v) is 10.5. The molecule has 11 heteroatoms. The summed E-state index contributed by atoms with van der Waals surface area (Å²) in [7, 11) is 4.95. The van der Waals surface area contributed by atoms with Crippen LogP contribution in [0.4, 0.5) is 0 Å². The summed E-state index contributed by atoms with van der Waals surface area (Å²) < 4.78 is 11.9. The van der Waals surface area contributed by atoms with E-state index < -0.39 is 24.2 Å². The highest BCUT2D eigenvalue weighted by Gasteiger charge is 2.42. The molecule has 1 aliphatic rings. The van der Waals surface area contributed by atoms with Gasteiger partial charge in [0.25, 0.3) is 0 Å². The Balaban J connectivity index is 1.75. The molecule has 1 aromatic heterocycles. The van der Waals surface area contributed by atoms with Gasteiger partial charge >= 0.3 is 0 Å². The summed E-state index contributed by atoms with van der Waals surface area (Å²) >= 11 is 1.51. The fraction of sp³-hybridized carbons (Fsp3) is 0.657. The predicted octanol–water partition coefficient (Wildman–Crippen LogP) is 4.45. The van der Waals surface area contributed by atoms with Gasteiger partial charge in [0, 0.05) is 39.4 Å². The summed E-state index contributed by atoms with van der Waals surface area (Å²) in [5.74, 6) is -0.824. The Hall–Kier alpha value is -2.86. The lowest BCUT2D eigenvalue weighted by Crippen LogP contribution is -2.56. The van der Waals surface area contributed by atoms with Gasteiger partial charge in [-0.1, -0.05) is 71.4 Å². The second-order valence-electron chi connectivity index (χ2n) is 13.0. The number of aromatic nitrogens is 1. The van der Waals surface area contributed by atoms with E-state index in [1.165, 1.54) is 11.3 Å². The van der Waals surface area contributed by atoms with Gasteiger partial charge in [-0.2, -0.15) is 0 Å². The molecule has 3 N–H and O–H groups in total.